The summed E-state index contributed by atoms with van der Waals surface area (Å²) in [5.74, 6) is 0. The van der Waals surface area contributed by atoms with Gasteiger partial charge in [0, 0.05) is 6.54 Å². The van der Waals surface area contributed by atoms with Crippen LogP contribution >= 0.6 is 0 Å². The van der Waals surface area contributed by atoms with Crippen LogP contribution in [-0.4, -0.2) is 0 Å². The molecule has 1 nitrogen and oxygen atoms in total. The van der Waals surface area contributed by atoms with Gasteiger partial charge < -0.3 is 5.73 Å². The van der Waals surface area contributed by atoms with E-state index in [4.69, 9.17) is 5.73 Å². The molecule has 0 amide bonds. The molecule has 3 aromatic carbocycles. The first-order chi connectivity index (χ1) is 13.8. The van der Waals surface area contributed by atoms with E-state index in [-0.39, 0.29) is 0 Å². The molecule has 0 aromatic heterocycles. The zero-order valence-corrected chi connectivity index (χ0v) is 16.1. The third-order valence-corrected chi connectivity index (χ3v) is 6.04. The quantitative estimate of drug-likeness (QED) is 0.698. The number of nitrogens with two attached hydrogens (primary N) is 1. The van der Waals surface area contributed by atoms with E-state index in [0.717, 1.165) is 6.42 Å². The summed E-state index contributed by atoms with van der Waals surface area (Å²) < 4.78 is 0. The van der Waals surface area contributed by atoms with Crippen LogP contribution in [0.4, 0.5) is 0 Å². The van der Waals surface area contributed by atoms with Gasteiger partial charge >= 0.3 is 0 Å². The van der Waals surface area contributed by atoms with E-state index in [1.807, 2.05) is 0 Å². The number of hydrogen-bond donors (Lipinski definition) is 1. The fraction of sp³-hybridized carbons (Fsp3) is 0.185. The van der Waals surface area contributed by atoms with Gasteiger partial charge in [0.05, 0.1) is 0 Å². The van der Waals surface area contributed by atoms with Crippen LogP contribution in [0, 0.1) is 10.4 Å². The van der Waals surface area contributed by atoms with E-state index in [1.54, 1.807) is 11.1 Å². The molecule has 0 spiro atoms. The van der Waals surface area contributed by atoms with Crippen molar-refractivity contribution in [1.82, 2.24) is 0 Å². The largest absolute Gasteiger partial charge is 0.326 e. The molecule has 5 rings (SSSR count). The molecule has 0 aliphatic heterocycles. The van der Waals surface area contributed by atoms with Crippen LogP contribution in [0.15, 0.2) is 54.6 Å². The Morgan fingerprint density at radius 3 is 2.39 bits per heavy atom. The highest BCUT2D eigenvalue weighted by Gasteiger charge is 2.11. The minimum absolute atomic E-state index is 0.591. The summed E-state index contributed by atoms with van der Waals surface area (Å²) in [5.41, 5.74) is 12.4. The molecule has 0 fully saturated rings. The minimum Gasteiger partial charge on any atom is -0.326 e. The third kappa shape index (κ3) is 3.12. The Balaban J connectivity index is 1.56. The summed E-state index contributed by atoms with van der Waals surface area (Å²) >= 11 is 0. The van der Waals surface area contributed by atoms with Crippen molar-refractivity contribution in [2.75, 3.05) is 0 Å². The first-order valence-corrected chi connectivity index (χ1v) is 10.2. The van der Waals surface area contributed by atoms with E-state index in [0.29, 0.717) is 6.54 Å². The summed E-state index contributed by atoms with van der Waals surface area (Å²) in [6.45, 7) is 0.591. The van der Waals surface area contributed by atoms with Gasteiger partial charge in [-0.1, -0.05) is 72.8 Å². The minimum atomic E-state index is 0.591. The molecule has 0 atom stereocenters. The molecule has 1 heteroatoms. The number of fused-ring (bicyclic) bond motifs is 4. The van der Waals surface area contributed by atoms with Crippen molar-refractivity contribution in [3.05, 3.63) is 103 Å². The van der Waals surface area contributed by atoms with Crippen molar-refractivity contribution in [3.63, 3.8) is 0 Å². The summed E-state index contributed by atoms with van der Waals surface area (Å²) in [7, 11) is 0. The van der Waals surface area contributed by atoms with Crippen LogP contribution in [0.1, 0.15) is 40.7 Å². The van der Waals surface area contributed by atoms with Crippen LogP contribution in [-0.2, 0) is 19.4 Å². The fourth-order valence-corrected chi connectivity index (χ4v) is 4.49. The first kappa shape index (κ1) is 17.2. The maximum Gasteiger partial charge on any atom is 0.0178 e. The number of hydrogen-bond acceptors (Lipinski definition) is 1. The van der Waals surface area contributed by atoms with Crippen molar-refractivity contribution < 1.29 is 0 Å². The van der Waals surface area contributed by atoms with Crippen LogP contribution in [0.3, 0.4) is 0 Å². The molecule has 0 saturated heterocycles. The van der Waals surface area contributed by atoms with Gasteiger partial charge in [0.1, 0.15) is 0 Å². The zero-order chi connectivity index (χ0) is 18.9. The van der Waals surface area contributed by atoms with Crippen LogP contribution < -0.4 is 16.2 Å². The third-order valence-electron chi connectivity index (χ3n) is 6.04. The highest BCUT2D eigenvalue weighted by atomic mass is 14.5. The standard InChI is InChI=1S/C27H25N/c28-18-21-9-6-19(7-10-21)5-8-20-11-14-25-23(17-20)13-16-26-24-4-2-1-3-22(24)12-15-27(25)26/h3,5-15,17H,1-2,4,16,18,28H2/b8-5+. The second kappa shape index (κ2) is 7.26. The van der Waals surface area contributed by atoms with Gasteiger partial charge in [-0.05, 0) is 80.4 Å². The SMILES string of the molecule is NCc1ccc(/C=C/c2ccc3c(c2)=CCc2c4c(ccc2=3)=CCCC4)cc1. The van der Waals surface area contributed by atoms with E-state index in [1.165, 1.54) is 56.8 Å². The molecular weight excluding hydrogens is 338 g/mol. The lowest BCUT2D eigenvalue weighted by Gasteiger charge is -2.16. The molecule has 138 valence electrons. The Morgan fingerprint density at radius 1 is 0.750 bits per heavy atom. The second-order valence-corrected chi connectivity index (χ2v) is 7.79. The van der Waals surface area contributed by atoms with Gasteiger partial charge in [0.2, 0.25) is 0 Å². The second-order valence-electron chi connectivity index (χ2n) is 7.79. The molecule has 2 aliphatic carbocycles. The molecule has 3 aromatic rings. The Hall–Kier alpha value is -2.90. The van der Waals surface area contributed by atoms with Gasteiger partial charge in [-0.25, -0.2) is 0 Å². The molecule has 28 heavy (non-hydrogen) atoms. The van der Waals surface area contributed by atoms with Crippen molar-refractivity contribution >= 4 is 24.3 Å². The van der Waals surface area contributed by atoms with Gasteiger partial charge in [-0.2, -0.15) is 0 Å². The fourth-order valence-electron chi connectivity index (χ4n) is 4.49. The number of benzene rings is 3. The lowest BCUT2D eigenvalue weighted by molar-refractivity contribution is 0.824. The van der Waals surface area contributed by atoms with Crippen LogP contribution in [0.2, 0.25) is 0 Å². The Bertz CT molecular complexity index is 1280. The van der Waals surface area contributed by atoms with Crippen molar-refractivity contribution in [2.24, 2.45) is 5.73 Å². The monoisotopic (exact) mass is 363 g/mol. The molecule has 0 saturated carbocycles. The highest BCUT2D eigenvalue weighted by molar-refractivity contribution is 5.70. The van der Waals surface area contributed by atoms with Crippen LogP contribution in [0.5, 0.6) is 0 Å². The normalized spacial score (nSPS) is 14.6. The Kier molecular flexibility index (Phi) is 4.46. The molecular formula is C27H25N. The molecule has 0 heterocycles. The summed E-state index contributed by atoms with van der Waals surface area (Å²) in [6.07, 6.45) is 14.0. The highest BCUT2D eigenvalue weighted by Crippen LogP contribution is 2.18. The van der Waals surface area contributed by atoms with Crippen molar-refractivity contribution in [2.45, 2.75) is 32.2 Å². The molecule has 0 radical (unpaired) electrons. The summed E-state index contributed by atoms with van der Waals surface area (Å²) in [5, 5.41) is 5.62. The van der Waals surface area contributed by atoms with E-state index < -0.39 is 0 Å². The van der Waals surface area contributed by atoms with Crippen molar-refractivity contribution in [1.29, 1.82) is 0 Å². The average molecular weight is 364 g/mol. The van der Waals surface area contributed by atoms with Gasteiger partial charge in [-0.15, -0.1) is 0 Å². The van der Waals surface area contributed by atoms with E-state index in [9.17, 15) is 0 Å². The molecule has 2 N–H and O–H groups in total. The zero-order valence-electron chi connectivity index (χ0n) is 16.1. The van der Waals surface area contributed by atoms with Crippen molar-refractivity contribution in [3.8, 4) is 0 Å². The molecule has 2 aliphatic rings. The summed E-state index contributed by atoms with van der Waals surface area (Å²) in [4.78, 5) is 0. The molecule has 0 bridgehead atoms. The predicted octanol–water partition coefficient (Wildman–Crippen LogP) is 4.06. The Morgan fingerprint density at radius 2 is 1.54 bits per heavy atom. The maximum absolute atomic E-state index is 5.68. The van der Waals surface area contributed by atoms with Crippen LogP contribution in [0.25, 0.3) is 24.3 Å². The smallest absolute Gasteiger partial charge is 0.0178 e. The van der Waals surface area contributed by atoms with Gasteiger partial charge in [-0.3, -0.25) is 0 Å². The summed E-state index contributed by atoms with van der Waals surface area (Å²) in [6, 6.07) is 19.9. The lowest BCUT2D eigenvalue weighted by Crippen LogP contribution is -2.19. The maximum atomic E-state index is 5.68. The van der Waals surface area contributed by atoms with Gasteiger partial charge in [0.25, 0.3) is 0 Å². The Labute approximate surface area is 165 Å². The predicted molar refractivity (Wildman–Crippen MR) is 119 cm³/mol. The van der Waals surface area contributed by atoms with E-state index >= 15 is 0 Å². The van der Waals surface area contributed by atoms with Gasteiger partial charge in [0.15, 0.2) is 0 Å². The van der Waals surface area contributed by atoms with E-state index in [2.05, 4.69) is 78.9 Å². The average Bonchev–Trinajstić information content (AvgIpc) is 2.77. The lowest BCUT2D eigenvalue weighted by atomic mass is 9.88. The molecule has 0 unspecified atom stereocenters. The first-order valence-electron chi connectivity index (χ1n) is 10.2. The number of rotatable bonds is 3. The topological polar surface area (TPSA) is 26.0 Å².